The molecular weight excluding hydrogens is 164 g/mol. The predicted molar refractivity (Wildman–Crippen MR) is 51.3 cm³/mol. The molecule has 2 atom stereocenters. The van der Waals surface area contributed by atoms with Gasteiger partial charge in [-0.15, -0.1) is 0 Å². The van der Waals surface area contributed by atoms with Crippen molar-refractivity contribution in [2.24, 2.45) is 5.41 Å². The Morgan fingerprint density at radius 3 is 2.62 bits per heavy atom. The normalized spacial score (nSPS) is 33.0. The molecule has 1 heterocycles. The van der Waals surface area contributed by atoms with Crippen molar-refractivity contribution in [3.05, 3.63) is 23.8 Å². The second kappa shape index (κ2) is 2.96. The number of rotatable bonds is 0. The zero-order chi connectivity index (χ0) is 9.47. The van der Waals surface area contributed by atoms with Gasteiger partial charge in [-0.1, -0.05) is 32.9 Å². The lowest BCUT2D eigenvalue weighted by molar-refractivity contribution is 0.0502. The van der Waals surface area contributed by atoms with E-state index in [0.717, 1.165) is 0 Å². The minimum absolute atomic E-state index is 0.138. The molecule has 0 aromatic heterocycles. The summed E-state index contributed by atoms with van der Waals surface area (Å²) in [5, 5.41) is 0. The molecule has 0 aromatic rings. The van der Waals surface area contributed by atoms with Crippen LogP contribution in [0.3, 0.4) is 0 Å². The van der Waals surface area contributed by atoms with Crippen molar-refractivity contribution in [2.45, 2.75) is 33.0 Å². The first-order chi connectivity index (χ1) is 6.07. The first-order valence-corrected chi connectivity index (χ1v) is 4.71. The summed E-state index contributed by atoms with van der Waals surface area (Å²) in [4.78, 5) is 0. The van der Waals surface area contributed by atoms with Gasteiger partial charge in [0.05, 0.1) is 0 Å². The Bertz CT molecular complexity index is 258. The van der Waals surface area contributed by atoms with Gasteiger partial charge >= 0.3 is 0 Å². The van der Waals surface area contributed by atoms with Crippen LogP contribution < -0.4 is 0 Å². The molecule has 1 aliphatic heterocycles. The summed E-state index contributed by atoms with van der Waals surface area (Å²) < 4.78 is 10.8. The number of hydrogen-bond acceptors (Lipinski definition) is 2. The standard InChI is InChI=1S/C11H16O2/c1-11(2,3)8-4-5-9-10(6-8)13-7-12-9/h4-6,9-10H,7H2,1-3H3. The molecule has 1 fully saturated rings. The van der Waals surface area contributed by atoms with Gasteiger partial charge in [0.1, 0.15) is 19.0 Å². The van der Waals surface area contributed by atoms with Gasteiger partial charge in [-0.2, -0.15) is 0 Å². The fourth-order valence-electron chi connectivity index (χ4n) is 1.63. The van der Waals surface area contributed by atoms with Gasteiger partial charge in [0.15, 0.2) is 0 Å². The van der Waals surface area contributed by atoms with Gasteiger partial charge in [0, 0.05) is 0 Å². The second-order valence-electron chi connectivity index (χ2n) is 4.61. The molecule has 0 saturated carbocycles. The Morgan fingerprint density at radius 2 is 1.92 bits per heavy atom. The second-order valence-corrected chi connectivity index (χ2v) is 4.61. The fraction of sp³-hybridized carbons (Fsp3) is 0.636. The molecule has 0 N–H and O–H groups in total. The van der Waals surface area contributed by atoms with Crippen LogP contribution in [0.5, 0.6) is 0 Å². The van der Waals surface area contributed by atoms with Crippen LogP contribution in [0.2, 0.25) is 0 Å². The summed E-state index contributed by atoms with van der Waals surface area (Å²) >= 11 is 0. The third-order valence-electron chi connectivity index (χ3n) is 2.52. The molecular formula is C11H16O2. The lowest BCUT2D eigenvalue weighted by atomic mass is 9.82. The average Bonchev–Trinajstić information content (AvgIpc) is 2.47. The summed E-state index contributed by atoms with van der Waals surface area (Å²) in [5.74, 6) is 0. The molecule has 0 radical (unpaired) electrons. The van der Waals surface area contributed by atoms with E-state index in [1.807, 2.05) is 0 Å². The lowest BCUT2D eigenvalue weighted by Gasteiger charge is -2.25. The van der Waals surface area contributed by atoms with E-state index in [-0.39, 0.29) is 17.6 Å². The van der Waals surface area contributed by atoms with Crippen molar-refractivity contribution in [1.29, 1.82) is 0 Å². The van der Waals surface area contributed by atoms with Gasteiger partial charge in [0.25, 0.3) is 0 Å². The maximum atomic E-state index is 5.43. The molecule has 1 aliphatic carbocycles. The van der Waals surface area contributed by atoms with Crippen molar-refractivity contribution < 1.29 is 9.47 Å². The van der Waals surface area contributed by atoms with E-state index >= 15 is 0 Å². The molecule has 72 valence electrons. The van der Waals surface area contributed by atoms with E-state index in [1.165, 1.54) is 5.57 Å². The Kier molecular flexibility index (Phi) is 2.05. The molecule has 0 aromatic carbocycles. The highest BCUT2D eigenvalue weighted by molar-refractivity contribution is 5.32. The van der Waals surface area contributed by atoms with Gasteiger partial charge in [0.2, 0.25) is 0 Å². The largest absolute Gasteiger partial charge is 0.345 e. The summed E-state index contributed by atoms with van der Waals surface area (Å²) in [6.45, 7) is 7.05. The van der Waals surface area contributed by atoms with Crippen LogP contribution in [0.25, 0.3) is 0 Å². The van der Waals surface area contributed by atoms with Gasteiger partial charge < -0.3 is 9.47 Å². The molecule has 2 unspecified atom stereocenters. The van der Waals surface area contributed by atoms with Crippen molar-refractivity contribution in [3.63, 3.8) is 0 Å². The Balaban J connectivity index is 2.20. The minimum atomic E-state index is 0.138. The lowest BCUT2D eigenvalue weighted by Crippen LogP contribution is -2.24. The number of ether oxygens (including phenoxy) is 2. The zero-order valence-electron chi connectivity index (χ0n) is 8.41. The maximum absolute atomic E-state index is 5.43. The van der Waals surface area contributed by atoms with E-state index in [9.17, 15) is 0 Å². The van der Waals surface area contributed by atoms with Crippen molar-refractivity contribution in [2.75, 3.05) is 6.79 Å². The highest BCUT2D eigenvalue weighted by Crippen LogP contribution is 2.32. The molecule has 2 heteroatoms. The van der Waals surface area contributed by atoms with Crippen LogP contribution in [-0.2, 0) is 9.47 Å². The number of fused-ring (bicyclic) bond motifs is 1. The summed E-state index contributed by atoms with van der Waals surface area (Å²) in [6.07, 6.45) is 6.71. The Morgan fingerprint density at radius 1 is 1.23 bits per heavy atom. The number of hydrogen-bond donors (Lipinski definition) is 0. The van der Waals surface area contributed by atoms with E-state index in [4.69, 9.17) is 9.47 Å². The summed E-state index contributed by atoms with van der Waals surface area (Å²) in [7, 11) is 0. The molecule has 2 rings (SSSR count). The van der Waals surface area contributed by atoms with E-state index in [1.54, 1.807) is 0 Å². The predicted octanol–water partition coefficient (Wildman–Crippen LogP) is 2.27. The van der Waals surface area contributed by atoms with Crippen molar-refractivity contribution in [3.8, 4) is 0 Å². The van der Waals surface area contributed by atoms with Crippen LogP contribution in [0.15, 0.2) is 23.8 Å². The quantitative estimate of drug-likeness (QED) is 0.569. The SMILES string of the molecule is CC(C)(C)C1=CC2OCOC2C=C1. The molecule has 13 heavy (non-hydrogen) atoms. The van der Waals surface area contributed by atoms with Gasteiger partial charge in [-0.3, -0.25) is 0 Å². The van der Waals surface area contributed by atoms with E-state index < -0.39 is 0 Å². The fourth-order valence-corrected chi connectivity index (χ4v) is 1.63. The first kappa shape index (κ1) is 8.97. The Hall–Kier alpha value is -0.600. The average molecular weight is 180 g/mol. The van der Waals surface area contributed by atoms with Crippen molar-refractivity contribution in [1.82, 2.24) is 0 Å². The first-order valence-electron chi connectivity index (χ1n) is 4.71. The van der Waals surface area contributed by atoms with Crippen LogP contribution >= 0.6 is 0 Å². The smallest absolute Gasteiger partial charge is 0.148 e. The van der Waals surface area contributed by atoms with Crippen LogP contribution in [0.1, 0.15) is 20.8 Å². The topological polar surface area (TPSA) is 18.5 Å². The van der Waals surface area contributed by atoms with Gasteiger partial charge in [-0.05, 0) is 17.1 Å². The number of allylic oxidation sites excluding steroid dienone is 2. The molecule has 2 aliphatic rings. The zero-order valence-corrected chi connectivity index (χ0v) is 8.41. The molecule has 1 saturated heterocycles. The monoisotopic (exact) mass is 180 g/mol. The van der Waals surface area contributed by atoms with Crippen LogP contribution in [-0.4, -0.2) is 19.0 Å². The molecule has 0 amide bonds. The van der Waals surface area contributed by atoms with Crippen LogP contribution in [0, 0.1) is 5.41 Å². The third-order valence-corrected chi connectivity index (χ3v) is 2.52. The van der Waals surface area contributed by atoms with Gasteiger partial charge in [-0.25, -0.2) is 0 Å². The molecule has 2 nitrogen and oxygen atoms in total. The highest BCUT2D eigenvalue weighted by atomic mass is 16.7. The van der Waals surface area contributed by atoms with E-state index in [2.05, 4.69) is 39.0 Å². The van der Waals surface area contributed by atoms with Crippen molar-refractivity contribution >= 4 is 0 Å². The van der Waals surface area contributed by atoms with E-state index in [0.29, 0.717) is 6.79 Å². The third kappa shape index (κ3) is 1.69. The Labute approximate surface area is 79.2 Å². The highest BCUT2D eigenvalue weighted by Gasteiger charge is 2.30. The molecule has 0 spiro atoms. The maximum Gasteiger partial charge on any atom is 0.148 e. The summed E-state index contributed by atoms with van der Waals surface area (Å²) in [6, 6.07) is 0. The van der Waals surface area contributed by atoms with Crippen LogP contribution in [0.4, 0.5) is 0 Å². The summed E-state index contributed by atoms with van der Waals surface area (Å²) in [5.41, 5.74) is 1.53. The minimum Gasteiger partial charge on any atom is -0.345 e. The molecule has 0 bridgehead atoms.